The van der Waals surface area contributed by atoms with Gasteiger partial charge >= 0.3 is 115 Å². The number of hydrogen-bond donors (Lipinski definition) is 0. The van der Waals surface area contributed by atoms with Gasteiger partial charge in [-0.15, -0.1) is 0 Å². The van der Waals surface area contributed by atoms with E-state index in [0.717, 1.165) is 14.3 Å². The quantitative estimate of drug-likeness (QED) is 0.675. The van der Waals surface area contributed by atoms with Gasteiger partial charge in [0.2, 0.25) is 0 Å². The van der Waals surface area contributed by atoms with Crippen molar-refractivity contribution < 1.29 is 6.03 Å². The third kappa shape index (κ3) is 2.24. The summed E-state index contributed by atoms with van der Waals surface area (Å²) < 4.78 is 17.5. The molecule has 0 amide bonds. The number of pyridine rings is 1. The van der Waals surface area contributed by atoms with Gasteiger partial charge < -0.3 is 0 Å². The zero-order chi connectivity index (χ0) is 10.8. The Labute approximate surface area is 114 Å². The Balaban J connectivity index is 2.83. The summed E-state index contributed by atoms with van der Waals surface area (Å²) in [4.78, 5) is 4.22. The van der Waals surface area contributed by atoms with Crippen LogP contribution >= 0.6 is 31.9 Å². The van der Waals surface area contributed by atoms with Crippen molar-refractivity contribution in [1.82, 2.24) is 4.98 Å². The van der Waals surface area contributed by atoms with E-state index < -0.39 is 22.0 Å². The Bertz CT molecular complexity index is 533. The van der Waals surface area contributed by atoms with Crippen LogP contribution in [0.3, 0.4) is 0 Å². The van der Waals surface area contributed by atoms with Gasteiger partial charge in [0.15, 0.2) is 0 Å². The molecule has 0 aliphatic carbocycles. The second kappa shape index (κ2) is 4.89. The Morgan fingerprint density at radius 3 is 2.87 bits per heavy atom. The van der Waals surface area contributed by atoms with Gasteiger partial charge in [-0.1, -0.05) is 0 Å². The van der Waals surface area contributed by atoms with E-state index in [4.69, 9.17) is 3.02 Å². The first-order valence-corrected chi connectivity index (χ1v) is 7.63. The van der Waals surface area contributed by atoms with Crippen molar-refractivity contribution in [3.63, 3.8) is 0 Å². The maximum absolute atomic E-state index is 10.6. The number of fused-ring (bicyclic) bond motifs is 1. The predicted molar refractivity (Wildman–Crippen MR) is 64.2 cm³/mol. The van der Waals surface area contributed by atoms with E-state index in [1.807, 2.05) is 18.2 Å². The predicted octanol–water partition coefficient (Wildman–Crippen LogP) is 3.10. The molecule has 0 bridgehead atoms. The summed E-state index contributed by atoms with van der Waals surface area (Å²) in [5.74, 6) is 0.556. The molecule has 0 radical (unpaired) electrons. The monoisotopic (exact) mass is 437 g/mol. The van der Waals surface area contributed by atoms with Gasteiger partial charge in [-0.25, -0.2) is 0 Å². The van der Waals surface area contributed by atoms with Crippen LogP contribution in [0.1, 0.15) is 0 Å². The van der Waals surface area contributed by atoms with E-state index in [-0.39, 0.29) is 0 Å². The Hall–Kier alpha value is 0.00818. The zero-order valence-electron chi connectivity index (χ0n) is 7.28. The van der Waals surface area contributed by atoms with E-state index in [1.165, 1.54) is 0 Å². The molecule has 0 spiro atoms. The van der Waals surface area contributed by atoms with Gasteiger partial charge in [-0.3, -0.25) is 0 Å². The molecule has 2 aromatic rings. The van der Waals surface area contributed by atoms with Crippen LogP contribution in [0.15, 0.2) is 33.3 Å². The summed E-state index contributed by atoms with van der Waals surface area (Å²) in [7, 11) is 0. The molecule has 0 atom stereocenters. The molecule has 0 N–H and O–H groups in total. The van der Waals surface area contributed by atoms with Crippen LogP contribution < -0.4 is 3.02 Å². The molecule has 2 rings (SSSR count). The van der Waals surface area contributed by atoms with Crippen LogP contribution in [-0.4, -0.2) is 27.0 Å². The molecular weight excluding hydrogens is 436 g/mol. The van der Waals surface area contributed by atoms with Gasteiger partial charge in [0.05, 0.1) is 0 Å². The van der Waals surface area contributed by atoms with Crippen molar-refractivity contribution in [3.8, 4) is 5.75 Å². The molecule has 1 heterocycles. The number of aromatic nitrogens is 1. The average molecular weight is 440 g/mol. The Morgan fingerprint density at radius 2 is 2.13 bits per heavy atom. The fourth-order valence-corrected chi connectivity index (χ4v) is 3.74. The fraction of sp³-hybridized carbons (Fsp3) is 0. The van der Waals surface area contributed by atoms with E-state index in [1.54, 1.807) is 6.20 Å². The van der Waals surface area contributed by atoms with Crippen LogP contribution in [0.25, 0.3) is 10.9 Å². The van der Waals surface area contributed by atoms with E-state index >= 15 is 0 Å². The summed E-state index contributed by atoms with van der Waals surface area (Å²) in [6, 6.07) is 5.64. The van der Waals surface area contributed by atoms with Crippen LogP contribution in [0.2, 0.25) is 0 Å². The topological polar surface area (TPSA) is 39.2 Å². The third-order valence-electron chi connectivity index (χ3n) is 1.88. The van der Waals surface area contributed by atoms with Gasteiger partial charge in [0.1, 0.15) is 0 Å². The van der Waals surface area contributed by atoms with Crippen molar-refractivity contribution in [2.75, 3.05) is 0 Å². The van der Waals surface area contributed by atoms with Crippen molar-refractivity contribution >= 4 is 64.8 Å². The number of benzene rings is 1. The second-order valence-electron chi connectivity index (χ2n) is 2.73. The molecule has 15 heavy (non-hydrogen) atoms. The zero-order valence-corrected chi connectivity index (χ0v) is 13.0. The summed E-state index contributed by atoms with van der Waals surface area (Å²) >= 11 is 4.97. The summed E-state index contributed by atoms with van der Waals surface area (Å²) in [6.45, 7) is 0. The molecule has 6 heteroatoms. The van der Waals surface area contributed by atoms with Crippen molar-refractivity contribution in [3.05, 3.63) is 33.3 Å². The van der Waals surface area contributed by atoms with Gasteiger partial charge in [0.25, 0.3) is 0 Å². The SMILES string of the molecule is [O]=[Sb][O]c1c(Br)cc(Br)c2cccnc12. The van der Waals surface area contributed by atoms with Crippen LogP contribution in [0.4, 0.5) is 0 Å². The number of halogens is 2. The van der Waals surface area contributed by atoms with Gasteiger partial charge in [-0.05, 0) is 0 Å². The van der Waals surface area contributed by atoms with Crippen LogP contribution in [-0.2, 0) is 3.02 Å². The van der Waals surface area contributed by atoms with Crippen molar-refractivity contribution in [1.29, 1.82) is 0 Å². The summed E-state index contributed by atoms with van der Waals surface area (Å²) in [5.41, 5.74) is 0.713. The fourth-order valence-electron chi connectivity index (χ4n) is 1.27. The first-order valence-electron chi connectivity index (χ1n) is 3.96. The minimum atomic E-state index is -1.83. The normalized spacial score (nSPS) is 10.3. The molecule has 0 saturated carbocycles. The molecule has 0 aliphatic rings. The van der Waals surface area contributed by atoms with E-state index in [0.29, 0.717) is 11.3 Å². The number of rotatable bonds is 2. The second-order valence-corrected chi connectivity index (χ2v) is 5.39. The first kappa shape index (κ1) is 11.5. The maximum atomic E-state index is 10.6. The molecular formula is C9H4Br2NO2Sb. The average Bonchev–Trinajstić information content (AvgIpc) is 2.24. The Kier molecular flexibility index (Phi) is 3.75. The molecule has 76 valence electrons. The molecule has 0 fully saturated rings. The van der Waals surface area contributed by atoms with Gasteiger partial charge in [-0.2, -0.15) is 0 Å². The van der Waals surface area contributed by atoms with E-state index in [9.17, 15) is 3.02 Å². The van der Waals surface area contributed by atoms with Crippen molar-refractivity contribution in [2.24, 2.45) is 0 Å². The number of nitrogens with zero attached hydrogens (tertiary/aromatic N) is 1. The molecule has 1 aromatic carbocycles. The standard InChI is InChI=1S/C9H5Br2NO.O.Sb/c10-6-4-7(11)9(13)8-5(6)2-1-3-12-8;;/h1-4,13H;;/q;;+1/p-1. The molecule has 0 saturated heterocycles. The summed E-state index contributed by atoms with van der Waals surface area (Å²) in [6.07, 6.45) is 1.68. The van der Waals surface area contributed by atoms with Gasteiger partial charge in [0, 0.05) is 0 Å². The molecule has 0 unspecified atom stereocenters. The van der Waals surface area contributed by atoms with E-state index in [2.05, 4.69) is 36.8 Å². The first-order chi connectivity index (χ1) is 7.24. The van der Waals surface area contributed by atoms with Crippen LogP contribution in [0.5, 0.6) is 5.75 Å². The molecule has 0 aliphatic heterocycles. The Morgan fingerprint density at radius 1 is 1.33 bits per heavy atom. The van der Waals surface area contributed by atoms with Crippen molar-refractivity contribution in [2.45, 2.75) is 0 Å². The van der Waals surface area contributed by atoms with Crippen LogP contribution in [0, 0.1) is 0 Å². The molecule has 1 aromatic heterocycles. The summed E-state index contributed by atoms with van der Waals surface area (Å²) in [5, 5.41) is 0.945. The third-order valence-corrected chi connectivity index (χ3v) is 3.86. The minimum absolute atomic E-state index is 0.556. The number of hydrogen-bond acceptors (Lipinski definition) is 3. The molecule has 3 nitrogen and oxygen atoms in total.